The van der Waals surface area contributed by atoms with E-state index in [9.17, 15) is 0 Å². The third-order valence-electron chi connectivity index (χ3n) is 4.60. The van der Waals surface area contributed by atoms with Gasteiger partial charge in [-0.2, -0.15) is 0 Å². The summed E-state index contributed by atoms with van der Waals surface area (Å²) in [5, 5.41) is 3.01. The van der Waals surface area contributed by atoms with Crippen LogP contribution in [0.2, 0.25) is 0 Å². The van der Waals surface area contributed by atoms with Crippen molar-refractivity contribution in [3.63, 3.8) is 0 Å². The van der Waals surface area contributed by atoms with Crippen LogP contribution in [0, 0.1) is 5.92 Å². The number of hydrogen-bond donors (Lipinski definition) is 0. The number of hydrogen-bond acceptors (Lipinski definition) is 7. The van der Waals surface area contributed by atoms with Crippen LogP contribution in [-0.2, 0) is 16.1 Å². The van der Waals surface area contributed by atoms with E-state index in [-0.39, 0.29) is 6.10 Å². The summed E-state index contributed by atoms with van der Waals surface area (Å²) in [6.45, 7) is 2.95. The van der Waals surface area contributed by atoms with E-state index in [0.29, 0.717) is 18.6 Å². The van der Waals surface area contributed by atoms with E-state index in [2.05, 4.69) is 19.9 Å². The second-order valence-electron chi connectivity index (χ2n) is 5.94. The third-order valence-corrected chi connectivity index (χ3v) is 5.36. The van der Waals surface area contributed by atoms with Gasteiger partial charge in [0.15, 0.2) is 0 Å². The number of fused-ring (bicyclic) bond motifs is 1. The molecule has 0 bridgehead atoms. The van der Waals surface area contributed by atoms with Crippen molar-refractivity contribution in [2.24, 2.45) is 5.92 Å². The largest absolute Gasteiger partial charge is 0.374 e. The maximum Gasteiger partial charge on any atom is 0.147 e. The lowest BCUT2D eigenvalue weighted by Crippen LogP contribution is -2.51. The highest BCUT2D eigenvalue weighted by Crippen LogP contribution is 2.36. The van der Waals surface area contributed by atoms with Crippen LogP contribution in [0.25, 0.3) is 0 Å². The Kier molecular flexibility index (Phi) is 4.50. The monoisotopic (exact) mass is 332 g/mol. The first-order valence-electron chi connectivity index (χ1n) is 8.02. The molecule has 6 nitrogen and oxygen atoms in total. The standard InChI is InChI=1S/C16H20N4O2S/c1-2-13-16(12(1)10-21-11-15-19-5-8-23-15)22-7-6-20(13)14-9-17-3-4-18-14/h3-5,8-9,12-13,16H,1-2,6-7,10-11H2/t12-,13+,16+/m0/s1. The summed E-state index contributed by atoms with van der Waals surface area (Å²) in [5.74, 6) is 1.40. The molecule has 7 heteroatoms. The quantitative estimate of drug-likeness (QED) is 0.836. The van der Waals surface area contributed by atoms with Crippen molar-refractivity contribution < 1.29 is 9.47 Å². The Morgan fingerprint density at radius 1 is 1.26 bits per heavy atom. The van der Waals surface area contributed by atoms with Gasteiger partial charge in [0.05, 0.1) is 38.2 Å². The minimum absolute atomic E-state index is 0.224. The van der Waals surface area contributed by atoms with Crippen LogP contribution in [0.3, 0.4) is 0 Å². The summed E-state index contributed by atoms with van der Waals surface area (Å²) in [6.07, 6.45) is 9.60. The van der Waals surface area contributed by atoms with Gasteiger partial charge in [0.2, 0.25) is 0 Å². The van der Waals surface area contributed by atoms with Crippen LogP contribution in [0.4, 0.5) is 5.82 Å². The lowest BCUT2D eigenvalue weighted by Gasteiger charge is -2.39. The van der Waals surface area contributed by atoms with Crippen LogP contribution >= 0.6 is 11.3 Å². The lowest BCUT2D eigenvalue weighted by atomic mass is 10.0. The van der Waals surface area contributed by atoms with E-state index in [1.807, 2.05) is 17.8 Å². The average molecular weight is 332 g/mol. The first-order chi connectivity index (χ1) is 11.4. The van der Waals surface area contributed by atoms with Crippen molar-refractivity contribution in [1.82, 2.24) is 15.0 Å². The molecule has 2 fully saturated rings. The van der Waals surface area contributed by atoms with Crippen LogP contribution in [-0.4, -0.2) is 46.9 Å². The molecule has 0 N–H and O–H groups in total. The molecule has 0 unspecified atom stereocenters. The second kappa shape index (κ2) is 6.90. The molecule has 0 aromatic carbocycles. The number of rotatable bonds is 5. The van der Waals surface area contributed by atoms with E-state index in [0.717, 1.165) is 43.4 Å². The van der Waals surface area contributed by atoms with E-state index < -0.39 is 0 Å². The van der Waals surface area contributed by atoms with Crippen molar-refractivity contribution in [3.8, 4) is 0 Å². The van der Waals surface area contributed by atoms with Gasteiger partial charge < -0.3 is 14.4 Å². The molecule has 1 saturated carbocycles. The number of aromatic nitrogens is 3. The Labute approximate surface area is 139 Å². The lowest BCUT2D eigenvalue weighted by molar-refractivity contribution is -0.0309. The van der Waals surface area contributed by atoms with Crippen molar-refractivity contribution in [3.05, 3.63) is 35.2 Å². The zero-order valence-electron chi connectivity index (χ0n) is 12.9. The summed E-state index contributed by atoms with van der Waals surface area (Å²) in [5.41, 5.74) is 0. The molecular weight excluding hydrogens is 312 g/mol. The van der Waals surface area contributed by atoms with Gasteiger partial charge in [0.1, 0.15) is 10.8 Å². The van der Waals surface area contributed by atoms with E-state index in [4.69, 9.17) is 9.47 Å². The fraction of sp³-hybridized carbons (Fsp3) is 0.562. The van der Waals surface area contributed by atoms with Crippen LogP contribution in [0.5, 0.6) is 0 Å². The van der Waals surface area contributed by atoms with Gasteiger partial charge in [0, 0.05) is 36.4 Å². The predicted molar refractivity (Wildman–Crippen MR) is 87.4 cm³/mol. The first kappa shape index (κ1) is 15.0. The minimum Gasteiger partial charge on any atom is -0.374 e. The average Bonchev–Trinajstić information content (AvgIpc) is 3.26. The fourth-order valence-corrected chi connectivity index (χ4v) is 4.14. The van der Waals surface area contributed by atoms with Crippen molar-refractivity contribution in [2.75, 3.05) is 24.7 Å². The summed E-state index contributed by atoms with van der Waals surface area (Å²) in [7, 11) is 0. The van der Waals surface area contributed by atoms with Crippen molar-refractivity contribution >= 4 is 17.2 Å². The molecule has 0 spiro atoms. The van der Waals surface area contributed by atoms with Gasteiger partial charge in [0.25, 0.3) is 0 Å². The molecule has 23 heavy (non-hydrogen) atoms. The van der Waals surface area contributed by atoms with Crippen LogP contribution < -0.4 is 4.90 Å². The van der Waals surface area contributed by atoms with Crippen molar-refractivity contribution in [2.45, 2.75) is 31.6 Å². The highest BCUT2D eigenvalue weighted by molar-refractivity contribution is 7.09. The van der Waals surface area contributed by atoms with Gasteiger partial charge in [-0.3, -0.25) is 4.98 Å². The van der Waals surface area contributed by atoms with E-state index in [1.165, 1.54) is 0 Å². The summed E-state index contributed by atoms with van der Waals surface area (Å²) >= 11 is 1.64. The molecule has 1 aliphatic carbocycles. The molecule has 122 valence electrons. The Morgan fingerprint density at radius 2 is 2.26 bits per heavy atom. The van der Waals surface area contributed by atoms with Crippen LogP contribution in [0.1, 0.15) is 17.8 Å². The van der Waals surface area contributed by atoms with Gasteiger partial charge in [-0.15, -0.1) is 11.3 Å². The van der Waals surface area contributed by atoms with E-state index >= 15 is 0 Å². The minimum atomic E-state index is 0.224. The molecular formula is C16H20N4O2S. The third kappa shape index (κ3) is 3.22. The Morgan fingerprint density at radius 3 is 3.09 bits per heavy atom. The number of nitrogens with zero attached hydrogens (tertiary/aromatic N) is 4. The molecule has 1 aliphatic heterocycles. The Hall–Kier alpha value is -1.57. The Bertz CT molecular complexity index is 610. The van der Waals surface area contributed by atoms with Crippen molar-refractivity contribution in [1.29, 1.82) is 0 Å². The van der Waals surface area contributed by atoms with E-state index in [1.54, 1.807) is 23.7 Å². The van der Waals surface area contributed by atoms with Gasteiger partial charge in [-0.1, -0.05) is 0 Å². The summed E-state index contributed by atoms with van der Waals surface area (Å²) in [4.78, 5) is 15.3. The zero-order chi connectivity index (χ0) is 15.5. The first-order valence-corrected chi connectivity index (χ1v) is 8.90. The van der Waals surface area contributed by atoms with Crippen LogP contribution in [0.15, 0.2) is 30.2 Å². The molecule has 2 aliphatic rings. The predicted octanol–water partition coefficient (Wildman–Crippen LogP) is 2.13. The highest BCUT2D eigenvalue weighted by Gasteiger charge is 2.43. The number of morpholine rings is 1. The number of ether oxygens (including phenoxy) is 2. The fourth-order valence-electron chi connectivity index (χ4n) is 3.58. The molecule has 3 atom stereocenters. The zero-order valence-corrected chi connectivity index (χ0v) is 13.7. The molecule has 3 heterocycles. The summed E-state index contributed by atoms with van der Waals surface area (Å²) in [6, 6.07) is 0.383. The number of anilines is 1. The molecule has 4 rings (SSSR count). The van der Waals surface area contributed by atoms with Gasteiger partial charge in [-0.25, -0.2) is 9.97 Å². The number of thiazole rings is 1. The molecule has 1 saturated heterocycles. The summed E-state index contributed by atoms with van der Waals surface area (Å²) < 4.78 is 11.9. The maximum absolute atomic E-state index is 6.07. The van der Waals surface area contributed by atoms with Gasteiger partial charge in [-0.05, 0) is 12.8 Å². The molecule has 2 aromatic heterocycles. The maximum atomic E-state index is 6.07. The SMILES string of the molecule is c1cnc(N2CCO[C@@H]3[C@H](COCc4nccs4)CC[C@H]32)cn1. The molecule has 2 aromatic rings. The second-order valence-corrected chi connectivity index (χ2v) is 6.92. The molecule has 0 radical (unpaired) electrons. The molecule has 0 amide bonds. The Balaban J connectivity index is 1.37. The highest BCUT2D eigenvalue weighted by atomic mass is 32.1. The normalized spacial score (nSPS) is 27.1. The van der Waals surface area contributed by atoms with Gasteiger partial charge >= 0.3 is 0 Å². The smallest absolute Gasteiger partial charge is 0.147 e. The topological polar surface area (TPSA) is 60.4 Å².